The third-order valence-corrected chi connectivity index (χ3v) is 2.92. The van der Waals surface area contributed by atoms with Gasteiger partial charge < -0.3 is 9.64 Å². The fourth-order valence-corrected chi connectivity index (χ4v) is 2.12. The summed E-state index contributed by atoms with van der Waals surface area (Å²) < 4.78 is 5.36. The van der Waals surface area contributed by atoms with Crippen LogP contribution in [0.3, 0.4) is 0 Å². The predicted octanol–water partition coefficient (Wildman–Crippen LogP) is 3.27. The van der Waals surface area contributed by atoms with Gasteiger partial charge in [-0.25, -0.2) is 0 Å². The van der Waals surface area contributed by atoms with Crippen LogP contribution >= 0.6 is 0 Å². The van der Waals surface area contributed by atoms with Gasteiger partial charge in [0.2, 0.25) is 0 Å². The zero-order valence-electron chi connectivity index (χ0n) is 11.8. The Morgan fingerprint density at radius 2 is 1.83 bits per heavy atom. The van der Waals surface area contributed by atoms with Crippen molar-refractivity contribution in [2.75, 3.05) is 20.2 Å². The lowest BCUT2D eigenvalue weighted by Crippen LogP contribution is -2.32. The fraction of sp³-hybridized carbons (Fsp3) is 0.533. The maximum Gasteiger partial charge on any atom is 0.257 e. The highest BCUT2D eigenvalue weighted by Crippen LogP contribution is 2.24. The Bertz CT molecular complexity index is 395. The van der Waals surface area contributed by atoms with E-state index >= 15 is 0 Å². The molecule has 0 radical (unpaired) electrons. The average Bonchev–Trinajstić information content (AvgIpc) is 2.37. The minimum absolute atomic E-state index is 0.0688. The van der Waals surface area contributed by atoms with Crippen LogP contribution in [0.4, 0.5) is 0 Å². The molecule has 0 aliphatic heterocycles. The van der Waals surface area contributed by atoms with Crippen molar-refractivity contribution in [3.8, 4) is 5.75 Å². The van der Waals surface area contributed by atoms with Crippen LogP contribution < -0.4 is 4.74 Å². The number of hydrogen-bond donors (Lipinski definition) is 0. The average molecular weight is 249 g/mol. The maximum atomic E-state index is 12.5. The number of nitrogens with zero attached hydrogens (tertiary/aromatic N) is 1. The summed E-state index contributed by atoms with van der Waals surface area (Å²) in [7, 11) is 1.61. The van der Waals surface area contributed by atoms with Gasteiger partial charge in [0.05, 0.1) is 12.7 Å². The molecule has 100 valence electrons. The van der Waals surface area contributed by atoms with Gasteiger partial charge in [-0.2, -0.15) is 0 Å². The van der Waals surface area contributed by atoms with Crippen molar-refractivity contribution in [3.05, 3.63) is 29.3 Å². The minimum atomic E-state index is 0.0688. The summed E-state index contributed by atoms with van der Waals surface area (Å²) in [5, 5.41) is 0. The highest BCUT2D eigenvalue weighted by atomic mass is 16.5. The van der Waals surface area contributed by atoms with Gasteiger partial charge in [-0.1, -0.05) is 26.0 Å². The van der Waals surface area contributed by atoms with E-state index in [0.29, 0.717) is 11.3 Å². The zero-order valence-corrected chi connectivity index (χ0v) is 11.8. The number of carbonyl (C=O) groups excluding carboxylic acids is 1. The Morgan fingerprint density at radius 1 is 1.22 bits per heavy atom. The molecule has 1 aromatic carbocycles. The van der Waals surface area contributed by atoms with E-state index in [1.165, 1.54) is 0 Å². The van der Waals surface area contributed by atoms with E-state index in [2.05, 4.69) is 13.8 Å². The molecule has 0 aromatic heterocycles. The largest absolute Gasteiger partial charge is 0.496 e. The second-order valence-electron chi connectivity index (χ2n) is 4.45. The molecule has 3 heteroatoms. The van der Waals surface area contributed by atoms with E-state index in [4.69, 9.17) is 4.74 Å². The Labute approximate surface area is 110 Å². The van der Waals surface area contributed by atoms with Crippen molar-refractivity contribution in [1.82, 2.24) is 4.90 Å². The fourth-order valence-electron chi connectivity index (χ4n) is 2.12. The maximum absolute atomic E-state index is 12.5. The number of amides is 1. The molecule has 3 nitrogen and oxygen atoms in total. The van der Waals surface area contributed by atoms with Gasteiger partial charge in [0.1, 0.15) is 5.75 Å². The molecule has 1 amide bonds. The molecule has 0 aliphatic carbocycles. The van der Waals surface area contributed by atoms with Gasteiger partial charge in [-0.15, -0.1) is 0 Å². The number of carbonyl (C=O) groups is 1. The second kappa shape index (κ2) is 7.04. The Balaban J connectivity index is 3.04. The van der Waals surface area contributed by atoms with E-state index in [0.717, 1.165) is 31.5 Å². The number of methoxy groups -OCH3 is 1. The standard InChI is InChI=1S/C15H23NO2/c1-5-10-16(11-6-2)15(17)13-9-7-8-12(3)14(13)18-4/h7-9H,5-6,10-11H2,1-4H3. The minimum Gasteiger partial charge on any atom is -0.496 e. The van der Waals surface area contributed by atoms with Gasteiger partial charge in [-0.3, -0.25) is 4.79 Å². The number of para-hydroxylation sites is 1. The lowest BCUT2D eigenvalue weighted by atomic mass is 10.1. The number of benzene rings is 1. The van der Waals surface area contributed by atoms with Crippen molar-refractivity contribution in [2.24, 2.45) is 0 Å². The monoisotopic (exact) mass is 249 g/mol. The van der Waals surface area contributed by atoms with Crippen LogP contribution in [0.15, 0.2) is 18.2 Å². The third kappa shape index (κ3) is 3.25. The van der Waals surface area contributed by atoms with Crippen molar-refractivity contribution < 1.29 is 9.53 Å². The van der Waals surface area contributed by atoms with Crippen molar-refractivity contribution in [3.63, 3.8) is 0 Å². The molecule has 0 bridgehead atoms. The number of aryl methyl sites for hydroxylation is 1. The third-order valence-electron chi connectivity index (χ3n) is 2.92. The summed E-state index contributed by atoms with van der Waals surface area (Å²) in [5.41, 5.74) is 1.66. The lowest BCUT2D eigenvalue weighted by molar-refractivity contribution is 0.0752. The summed E-state index contributed by atoms with van der Waals surface area (Å²) in [4.78, 5) is 14.4. The van der Waals surface area contributed by atoms with E-state index in [1.807, 2.05) is 30.0 Å². The SMILES string of the molecule is CCCN(CCC)C(=O)c1cccc(C)c1OC. The first-order valence-corrected chi connectivity index (χ1v) is 6.58. The van der Waals surface area contributed by atoms with Crippen LogP contribution in [-0.4, -0.2) is 31.0 Å². The van der Waals surface area contributed by atoms with Gasteiger partial charge >= 0.3 is 0 Å². The lowest BCUT2D eigenvalue weighted by Gasteiger charge is -2.23. The number of rotatable bonds is 6. The molecule has 0 atom stereocenters. The molecule has 0 heterocycles. The molecule has 0 spiro atoms. The second-order valence-corrected chi connectivity index (χ2v) is 4.45. The van der Waals surface area contributed by atoms with Gasteiger partial charge in [0, 0.05) is 13.1 Å². The summed E-state index contributed by atoms with van der Waals surface area (Å²) in [6.45, 7) is 7.72. The van der Waals surface area contributed by atoms with Crippen LogP contribution in [0.2, 0.25) is 0 Å². The van der Waals surface area contributed by atoms with Crippen LogP contribution in [0.25, 0.3) is 0 Å². The first-order valence-electron chi connectivity index (χ1n) is 6.58. The number of hydrogen-bond acceptors (Lipinski definition) is 2. The molecular formula is C15H23NO2. The topological polar surface area (TPSA) is 29.5 Å². The molecular weight excluding hydrogens is 226 g/mol. The molecule has 0 saturated carbocycles. The Hall–Kier alpha value is -1.51. The summed E-state index contributed by atoms with van der Waals surface area (Å²) in [5.74, 6) is 0.763. The van der Waals surface area contributed by atoms with Crippen molar-refractivity contribution in [1.29, 1.82) is 0 Å². The molecule has 0 unspecified atom stereocenters. The molecule has 0 fully saturated rings. The van der Waals surface area contributed by atoms with Crippen molar-refractivity contribution in [2.45, 2.75) is 33.6 Å². The zero-order chi connectivity index (χ0) is 13.5. The Kier molecular flexibility index (Phi) is 5.69. The molecule has 18 heavy (non-hydrogen) atoms. The smallest absolute Gasteiger partial charge is 0.257 e. The predicted molar refractivity (Wildman–Crippen MR) is 74.2 cm³/mol. The highest BCUT2D eigenvalue weighted by Gasteiger charge is 2.19. The first kappa shape index (κ1) is 14.6. The number of ether oxygens (including phenoxy) is 1. The van der Waals surface area contributed by atoms with E-state index in [-0.39, 0.29) is 5.91 Å². The highest BCUT2D eigenvalue weighted by molar-refractivity contribution is 5.97. The summed E-state index contributed by atoms with van der Waals surface area (Å²) in [6.07, 6.45) is 1.94. The quantitative estimate of drug-likeness (QED) is 0.774. The van der Waals surface area contributed by atoms with Crippen LogP contribution in [-0.2, 0) is 0 Å². The van der Waals surface area contributed by atoms with E-state index < -0.39 is 0 Å². The first-order chi connectivity index (χ1) is 8.65. The normalized spacial score (nSPS) is 10.2. The molecule has 1 rings (SSSR count). The van der Waals surface area contributed by atoms with Crippen LogP contribution in [0, 0.1) is 6.92 Å². The van der Waals surface area contributed by atoms with E-state index in [1.54, 1.807) is 7.11 Å². The van der Waals surface area contributed by atoms with Crippen molar-refractivity contribution >= 4 is 5.91 Å². The van der Waals surface area contributed by atoms with E-state index in [9.17, 15) is 4.79 Å². The molecule has 1 aromatic rings. The molecule has 0 N–H and O–H groups in total. The van der Waals surface area contributed by atoms with Gasteiger partial charge in [-0.05, 0) is 31.4 Å². The Morgan fingerprint density at radius 3 is 2.33 bits per heavy atom. The van der Waals surface area contributed by atoms with Crippen LogP contribution in [0.5, 0.6) is 5.75 Å². The van der Waals surface area contributed by atoms with Crippen LogP contribution in [0.1, 0.15) is 42.6 Å². The van der Waals surface area contributed by atoms with Gasteiger partial charge in [0.15, 0.2) is 0 Å². The van der Waals surface area contributed by atoms with Gasteiger partial charge in [0.25, 0.3) is 5.91 Å². The summed E-state index contributed by atoms with van der Waals surface area (Å²) >= 11 is 0. The molecule has 0 saturated heterocycles. The summed E-state index contributed by atoms with van der Waals surface area (Å²) in [6, 6.07) is 5.70. The molecule has 0 aliphatic rings.